The minimum absolute atomic E-state index is 0.100. The second-order valence-electron chi connectivity index (χ2n) is 7.62. The summed E-state index contributed by atoms with van der Waals surface area (Å²) in [7, 11) is 1.60. The topological polar surface area (TPSA) is 94.5 Å². The Labute approximate surface area is 203 Å². The van der Waals surface area contributed by atoms with Crippen LogP contribution in [0.2, 0.25) is 0 Å². The van der Waals surface area contributed by atoms with Crippen LogP contribution >= 0.6 is 0 Å². The van der Waals surface area contributed by atoms with E-state index in [1.165, 1.54) is 0 Å². The van der Waals surface area contributed by atoms with Crippen LogP contribution in [0.3, 0.4) is 0 Å². The molecule has 4 rings (SSSR count). The van der Waals surface area contributed by atoms with Crippen LogP contribution < -0.4 is 20.1 Å². The van der Waals surface area contributed by atoms with E-state index >= 15 is 0 Å². The van der Waals surface area contributed by atoms with Gasteiger partial charge in [0.05, 0.1) is 18.4 Å². The molecule has 0 aliphatic heterocycles. The molecule has 0 unspecified atom stereocenters. The molecule has 0 saturated carbocycles. The lowest BCUT2D eigenvalue weighted by atomic mass is 10.1. The average Bonchev–Trinajstić information content (AvgIpc) is 3.34. The first-order valence-corrected chi connectivity index (χ1v) is 11.2. The molecule has 2 amide bonds. The van der Waals surface area contributed by atoms with Crippen LogP contribution in [-0.2, 0) is 4.79 Å². The van der Waals surface area contributed by atoms with Gasteiger partial charge in [-0.2, -0.15) is 5.10 Å². The van der Waals surface area contributed by atoms with Crippen molar-refractivity contribution >= 4 is 17.5 Å². The number of carbonyl (C=O) groups is 2. The Morgan fingerprint density at radius 2 is 1.71 bits per heavy atom. The van der Waals surface area contributed by atoms with Gasteiger partial charge in [0, 0.05) is 30.1 Å². The summed E-state index contributed by atoms with van der Waals surface area (Å²) >= 11 is 0. The highest BCUT2D eigenvalue weighted by molar-refractivity contribution is 6.08. The van der Waals surface area contributed by atoms with Crippen molar-refractivity contribution in [3.05, 3.63) is 90.6 Å². The molecule has 8 nitrogen and oxygen atoms in total. The number of ether oxygens (including phenoxy) is 2. The Morgan fingerprint density at radius 1 is 0.943 bits per heavy atom. The molecule has 3 aromatic carbocycles. The first-order chi connectivity index (χ1) is 17.1. The third-order valence-electron chi connectivity index (χ3n) is 5.18. The van der Waals surface area contributed by atoms with E-state index in [0.717, 1.165) is 11.3 Å². The highest BCUT2D eigenvalue weighted by Gasteiger charge is 2.19. The fraction of sp³-hybridized carbons (Fsp3) is 0.148. The minimum Gasteiger partial charge on any atom is -0.497 e. The number of hydrogen-bond acceptors (Lipinski definition) is 5. The fourth-order valence-corrected chi connectivity index (χ4v) is 3.47. The molecule has 0 spiro atoms. The zero-order chi connectivity index (χ0) is 24.6. The average molecular weight is 471 g/mol. The predicted molar refractivity (Wildman–Crippen MR) is 134 cm³/mol. The minimum atomic E-state index is -0.320. The van der Waals surface area contributed by atoms with Gasteiger partial charge >= 0.3 is 0 Å². The van der Waals surface area contributed by atoms with Gasteiger partial charge in [0.2, 0.25) is 0 Å². The van der Waals surface area contributed by atoms with Gasteiger partial charge in [-0.1, -0.05) is 24.3 Å². The first-order valence-electron chi connectivity index (χ1n) is 11.2. The van der Waals surface area contributed by atoms with Gasteiger partial charge in [0.1, 0.15) is 17.2 Å². The van der Waals surface area contributed by atoms with Gasteiger partial charge in [-0.3, -0.25) is 9.59 Å². The van der Waals surface area contributed by atoms with Crippen LogP contribution in [0.4, 0.5) is 5.69 Å². The smallest absolute Gasteiger partial charge is 0.259 e. The molecule has 0 bridgehead atoms. The maximum absolute atomic E-state index is 13.3. The van der Waals surface area contributed by atoms with Crippen molar-refractivity contribution in [1.29, 1.82) is 0 Å². The quantitative estimate of drug-likeness (QED) is 0.380. The molecule has 35 heavy (non-hydrogen) atoms. The van der Waals surface area contributed by atoms with Crippen LogP contribution in [0.15, 0.2) is 85.1 Å². The van der Waals surface area contributed by atoms with Crippen molar-refractivity contribution in [2.45, 2.75) is 6.92 Å². The largest absolute Gasteiger partial charge is 0.497 e. The lowest BCUT2D eigenvalue weighted by Crippen LogP contribution is -2.28. The molecular formula is C27H26N4O4. The second-order valence-corrected chi connectivity index (χ2v) is 7.62. The van der Waals surface area contributed by atoms with Crippen LogP contribution in [0.1, 0.15) is 17.3 Å². The van der Waals surface area contributed by atoms with Crippen molar-refractivity contribution in [3.8, 4) is 28.4 Å². The molecule has 8 heteroatoms. The highest BCUT2D eigenvalue weighted by atomic mass is 16.5. The number of aromatic nitrogens is 2. The number of para-hydroxylation sites is 1. The van der Waals surface area contributed by atoms with Gasteiger partial charge in [-0.25, -0.2) is 4.68 Å². The van der Waals surface area contributed by atoms with Gasteiger partial charge < -0.3 is 20.1 Å². The lowest BCUT2D eigenvalue weighted by Gasteiger charge is -2.09. The number of anilines is 1. The van der Waals surface area contributed by atoms with Crippen molar-refractivity contribution in [3.63, 3.8) is 0 Å². The monoisotopic (exact) mass is 470 g/mol. The maximum Gasteiger partial charge on any atom is 0.259 e. The molecular weight excluding hydrogens is 444 g/mol. The molecule has 1 heterocycles. The Kier molecular flexibility index (Phi) is 7.42. The number of methoxy groups -OCH3 is 1. The number of hydrogen-bond donors (Lipinski definition) is 2. The summed E-state index contributed by atoms with van der Waals surface area (Å²) in [4.78, 5) is 25.0. The van der Waals surface area contributed by atoms with Crippen LogP contribution in [0, 0.1) is 0 Å². The van der Waals surface area contributed by atoms with E-state index in [-0.39, 0.29) is 18.4 Å². The summed E-state index contributed by atoms with van der Waals surface area (Å²) < 4.78 is 12.5. The normalized spacial score (nSPS) is 10.5. The number of nitrogens with one attached hydrogen (secondary N) is 2. The molecule has 4 aromatic rings. The van der Waals surface area contributed by atoms with Crippen molar-refractivity contribution < 1.29 is 19.1 Å². The van der Waals surface area contributed by atoms with E-state index in [0.29, 0.717) is 35.0 Å². The number of amides is 2. The van der Waals surface area contributed by atoms with Crippen LogP contribution in [0.5, 0.6) is 11.5 Å². The van der Waals surface area contributed by atoms with E-state index in [2.05, 4.69) is 10.6 Å². The molecule has 0 aliphatic rings. The number of carbonyl (C=O) groups excluding carboxylic acids is 2. The summed E-state index contributed by atoms with van der Waals surface area (Å²) in [6.07, 6.45) is 1.71. The van der Waals surface area contributed by atoms with E-state index < -0.39 is 0 Å². The third kappa shape index (κ3) is 5.86. The molecule has 178 valence electrons. The van der Waals surface area contributed by atoms with E-state index in [1.54, 1.807) is 42.3 Å². The first kappa shape index (κ1) is 23.6. The maximum atomic E-state index is 13.3. The van der Waals surface area contributed by atoms with Gasteiger partial charge in [-0.15, -0.1) is 0 Å². The zero-order valence-corrected chi connectivity index (χ0v) is 19.5. The summed E-state index contributed by atoms with van der Waals surface area (Å²) in [5.41, 5.74) is 3.11. The Bertz CT molecular complexity index is 1300. The fourth-order valence-electron chi connectivity index (χ4n) is 3.47. The van der Waals surface area contributed by atoms with E-state index in [9.17, 15) is 9.59 Å². The molecule has 0 radical (unpaired) electrons. The third-order valence-corrected chi connectivity index (χ3v) is 5.18. The molecule has 0 fully saturated rings. The summed E-state index contributed by atoms with van der Waals surface area (Å²) in [5, 5.41) is 10.3. The zero-order valence-electron chi connectivity index (χ0n) is 19.5. The highest BCUT2D eigenvalue weighted by Crippen LogP contribution is 2.27. The van der Waals surface area contributed by atoms with Gasteiger partial charge in [-0.05, 0) is 55.5 Å². The SMILES string of the molecule is CCNC(=O)COc1cccc(NC(=O)c2cn(-c3ccccc3)nc2-c2ccc(OC)cc2)c1. The van der Waals surface area contributed by atoms with Gasteiger partial charge in [0.15, 0.2) is 6.61 Å². The Hall–Kier alpha value is -4.59. The van der Waals surface area contributed by atoms with Gasteiger partial charge in [0.25, 0.3) is 11.8 Å². The molecule has 1 aromatic heterocycles. The Morgan fingerprint density at radius 3 is 2.43 bits per heavy atom. The summed E-state index contributed by atoms with van der Waals surface area (Å²) in [5.74, 6) is 0.661. The molecule has 0 atom stereocenters. The van der Waals surface area contributed by atoms with Crippen molar-refractivity contribution in [2.75, 3.05) is 25.6 Å². The predicted octanol–water partition coefficient (Wildman–Crippen LogP) is 4.32. The lowest BCUT2D eigenvalue weighted by molar-refractivity contribution is -0.122. The number of rotatable bonds is 9. The number of nitrogens with zero attached hydrogens (tertiary/aromatic N) is 2. The standard InChI is InChI=1S/C27H26N4O4/c1-3-28-25(32)18-35-23-11-7-8-20(16-23)29-27(33)24-17-31(21-9-5-4-6-10-21)30-26(24)19-12-14-22(34-2)15-13-19/h4-17H,3,18H2,1-2H3,(H,28,32)(H,29,33). The molecule has 0 saturated heterocycles. The van der Waals surface area contributed by atoms with E-state index in [4.69, 9.17) is 14.6 Å². The Balaban J connectivity index is 1.60. The van der Waals surface area contributed by atoms with Crippen molar-refractivity contribution in [2.24, 2.45) is 0 Å². The van der Waals surface area contributed by atoms with Crippen LogP contribution in [-0.4, -0.2) is 41.9 Å². The summed E-state index contributed by atoms with van der Waals surface area (Å²) in [6, 6.07) is 23.9. The van der Waals surface area contributed by atoms with Crippen molar-refractivity contribution in [1.82, 2.24) is 15.1 Å². The molecule has 0 aliphatic carbocycles. The number of benzene rings is 3. The van der Waals surface area contributed by atoms with E-state index in [1.807, 2.05) is 61.5 Å². The second kappa shape index (κ2) is 11.0. The summed E-state index contributed by atoms with van der Waals surface area (Å²) in [6.45, 7) is 2.27. The molecule has 2 N–H and O–H groups in total. The number of likely N-dealkylation sites (N-methyl/N-ethyl adjacent to an activating group) is 1. The van der Waals surface area contributed by atoms with Crippen LogP contribution in [0.25, 0.3) is 16.9 Å².